The van der Waals surface area contributed by atoms with Crippen LogP contribution in [0.3, 0.4) is 0 Å². The molecule has 0 unspecified atom stereocenters. The van der Waals surface area contributed by atoms with Gasteiger partial charge in [0.15, 0.2) is 15.8 Å². The van der Waals surface area contributed by atoms with Gasteiger partial charge in [0.05, 0.1) is 31.4 Å². The molecule has 2 aromatic rings. The highest BCUT2D eigenvalue weighted by Crippen LogP contribution is 2.25. The van der Waals surface area contributed by atoms with Crippen LogP contribution in [0, 0.1) is 0 Å². The zero-order valence-electron chi connectivity index (χ0n) is 17.4. The SMILES string of the molecule is CCNC(=NCCS(=O)(=O)c1ccccc1)N(C)Cc1ccc(OC)cc1OC. The fourth-order valence-corrected chi connectivity index (χ4v) is 3.94. The third kappa shape index (κ3) is 6.39. The van der Waals surface area contributed by atoms with E-state index in [0.717, 1.165) is 17.1 Å². The molecule has 0 bridgehead atoms. The predicted molar refractivity (Wildman–Crippen MR) is 115 cm³/mol. The fraction of sp³-hybridized carbons (Fsp3) is 0.381. The van der Waals surface area contributed by atoms with Crippen molar-refractivity contribution in [3.8, 4) is 11.5 Å². The summed E-state index contributed by atoms with van der Waals surface area (Å²) >= 11 is 0. The summed E-state index contributed by atoms with van der Waals surface area (Å²) in [5, 5.41) is 3.20. The Hall–Kier alpha value is -2.74. The molecule has 0 saturated carbocycles. The van der Waals surface area contributed by atoms with Crippen LogP contribution in [0.2, 0.25) is 0 Å². The Kier molecular flexibility index (Phi) is 8.33. The van der Waals surface area contributed by atoms with E-state index in [1.54, 1.807) is 44.6 Å². The summed E-state index contributed by atoms with van der Waals surface area (Å²) in [4.78, 5) is 6.75. The molecule has 0 aromatic heterocycles. The zero-order chi connectivity index (χ0) is 21.3. The summed E-state index contributed by atoms with van der Waals surface area (Å²) in [5.41, 5.74) is 0.971. The molecule has 158 valence electrons. The van der Waals surface area contributed by atoms with E-state index < -0.39 is 9.84 Å². The molecule has 0 amide bonds. The predicted octanol–water partition coefficient (Wildman–Crippen LogP) is 2.58. The van der Waals surface area contributed by atoms with Crippen LogP contribution in [0.25, 0.3) is 0 Å². The van der Waals surface area contributed by atoms with Crippen molar-refractivity contribution in [1.29, 1.82) is 0 Å². The lowest BCUT2D eigenvalue weighted by Gasteiger charge is -2.23. The van der Waals surface area contributed by atoms with Crippen molar-refractivity contribution in [3.05, 3.63) is 54.1 Å². The van der Waals surface area contributed by atoms with Gasteiger partial charge in [0, 0.05) is 31.8 Å². The maximum absolute atomic E-state index is 12.4. The Bertz CT molecular complexity index is 915. The molecule has 0 atom stereocenters. The quantitative estimate of drug-likeness (QED) is 0.497. The van der Waals surface area contributed by atoms with Gasteiger partial charge in [0.1, 0.15) is 11.5 Å². The van der Waals surface area contributed by atoms with E-state index in [1.807, 2.05) is 37.1 Å². The average Bonchev–Trinajstić information content (AvgIpc) is 2.73. The molecule has 0 saturated heterocycles. The number of sulfone groups is 1. The van der Waals surface area contributed by atoms with E-state index in [1.165, 1.54) is 0 Å². The molecular weight excluding hydrogens is 390 g/mol. The first-order chi connectivity index (χ1) is 13.9. The molecule has 0 aliphatic rings. The van der Waals surface area contributed by atoms with E-state index in [4.69, 9.17) is 9.47 Å². The lowest BCUT2D eigenvalue weighted by atomic mass is 10.2. The first-order valence-corrected chi connectivity index (χ1v) is 11.0. The standard InChI is InChI=1S/C21H29N3O4S/c1-5-22-21(23-13-14-29(25,26)19-9-7-6-8-10-19)24(2)16-17-11-12-18(27-3)15-20(17)28-4/h6-12,15H,5,13-14,16H2,1-4H3,(H,22,23). The largest absolute Gasteiger partial charge is 0.497 e. The number of benzene rings is 2. The number of hydrogen-bond acceptors (Lipinski definition) is 5. The summed E-state index contributed by atoms with van der Waals surface area (Å²) in [6.45, 7) is 3.36. The minimum atomic E-state index is -3.36. The molecule has 0 spiro atoms. The van der Waals surface area contributed by atoms with Gasteiger partial charge in [-0.2, -0.15) is 0 Å². The van der Waals surface area contributed by atoms with Gasteiger partial charge >= 0.3 is 0 Å². The summed E-state index contributed by atoms with van der Waals surface area (Å²) < 4.78 is 35.6. The minimum absolute atomic E-state index is 0.0500. The molecule has 0 fully saturated rings. The van der Waals surface area contributed by atoms with E-state index in [9.17, 15) is 8.42 Å². The van der Waals surface area contributed by atoms with Gasteiger partial charge in [0.2, 0.25) is 0 Å². The van der Waals surface area contributed by atoms with Crippen molar-refractivity contribution in [2.24, 2.45) is 4.99 Å². The number of methoxy groups -OCH3 is 2. The summed E-state index contributed by atoms with van der Waals surface area (Å²) in [5.74, 6) is 2.03. The number of hydrogen-bond donors (Lipinski definition) is 1. The number of nitrogens with one attached hydrogen (secondary N) is 1. The molecule has 2 aromatic carbocycles. The molecule has 0 radical (unpaired) electrons. The van der Waals surface area contributed by atoms with Crippen molar-refractivity contribution in [2.45, 2.75) is 18.4 Å². The van der Waals surface area contributed by atoms with Crippen LogP contribution >= 0.6 is 0 Å². The monoisotopic (exact) mass is 419 g/mol. The van der Waals surface area contributed by atoms with Crippen molar-refractivity contribution < 1.29 is 17.9 Å². The van der Waals surface area contributed by atoms with Crippen molar-refractivity contribution >= 4 is 15.8 Å². The van der Waals surface area contributed by atoms with Crippen LogP contribution in [-0.2, 0) is 16.4 Å². The molecule has 0 aliphatic heterocycles. The Labute approximate surface area is 173 Å². The number of ether oxygens (including phenoxy) is 2. The number of aliphatic imine (C=N–C) groups is 1. The maximum atomic E-state index is 12.4. The first-order valence-electron chi connectivity index (χ1n) is 9.39. The van der Waals surface area contributed by atoms with Gasteiger partial charge in [-0.1, -0.05) is 18.2 Å². The fourth-order valence-electron chi connectivity index (χ4n) is 2.80. The third-order valence-corrected chi connectivity index (χ3v) is 6.03. The smallest absolute Gasteiger partial charge is 0.193 e. The highest BCUT2D eigenvalue weighted by molar-refractivity contribution is 7.91. The normalized spacial score (nSPS) is 11.8. The third-order valence-electron chi connectivity index (χ3n) is 4.32. The Balaban J connectivity index is 2.10. The zero-order valence-corrected chi connectivity index (χ0v) is 18.2. The molecule has 29 heavy (non-hydrogen) atoms. The Morgan fingerprint density at radius 2 is 1.83 bits per heavy atom. The minimum Gasteiger partial charge on any atom is -0.497 e. The number of nitrogens with zero attached hydrogens (tertiary/aromatic N) is 2. The van der Waals surface area contributed by atoms with Crippen molar-refractivity contribution in [2.75, 3.05) is 40.1 Å². The topological polar surface area (TPSA) is 80.2 Å². The average molecular weight is 420 g/mol. The summed E-state index contributed by atoms with van der Waals surface area (Å²) in [6, 6.07) is 14.1. The molecule has 0 heterocycles. The van der Waals surface area contributed by atoms with Gasteiger partial charge in [-0.3, -0.25) is 4.99 Å². The number of guanidine groups is 1. The van der Waals surface area contributed by atoms with Gasteiger partial charge in [0.25, 0.3) is 0 Å². The van der Waals surface area contributed by atoms with Crippen LogP contribution in [0.15, 0.2) is 58.4 Å². The molecular formula is C21H29N3O4S. The van der Waals surface area contributed by atoms with Gasteiger partial charge in [-0.05, 0) is 31.2 Å². The molecule has 2 rings (SSSR count). The molecule has 1 N–H and O–H groups in total. The summed E-state index contributed by atoms with van der Waals surface area (Å²) in [6.07, 6.45) is 0. The first kappa shape index (κ1) is 22.5. The van der Waals surface area contributed by atoms with E-state index in [0.29, 0.717) is 23.9 Å². The molecule has 7 nitrogen and oxygen atoms in total. The van der Waals surface area contributed by atoms with Crippen LogP contribution in [0.5, 0.6) is 11.5 Å². The van der Waals surface area contributed by atoms with Gasteiger partial charge in [-0.25, -0.2) is 8.42 Å². The van der Waals surface area contributed by atoms with Crippen LogP contribution in [0.1, 0.15) is 12.5 Å². The van der Waals surface area contributed by atoms with E-state index >= 15 is 0 Å². The summed E-state index contributed by atoms with van der Waals surface area (Å²) in [7, 11) is 1.77. The second kappa shape index (κ2) is 10.7. The number of rotatable bonds is 9. The highest BCUT2D eigenvalue weighted by atomic mass is 32.2. The lowest BCUT2D eigenvalue weighted by molar-refractivity contribution is 0.382. The lowest BCUT2D eigenvalue weighted by Crippen LogP contribution is -2.38. The van der Waals surface area contributed by atoms with Gasteiger partial charge < -0.3 is 19.7 Å². The second-order valence-electron chi connectivity index (χ2n) is 6.40. The second-order valence-corrected chi connectivity index (χ2v) is 8.51. The highest BCUT2D eigenvalue weighted by Gasteiger charge is 2.15. The van der Waals surface area contributed by atoms with Gasteiger partial charge in [-0.15, -0.1) is 0 Å². The van der Waals surface area contributed by atoms with Crippen LogP contribution in [0.4, 0.5) is 0 Å². The molecule has 0 aliphatic carbocycles. The Morgan fingerprint density at radius 1 is 1.10 bits per heavy atom. The molecule has 8 heteroatoms. The van der Waals surface area contributed by atoms with Crippen LogP contribution in [-0.4, -0.2) is 59.4 Å². The van der Waals surface area contributed by atoms with Crippen molar-refractivity contribution in [1.82, 2.24) is 10.2 Å². The van der Waals surface area contributed by atoms with E-state index in [-0.39, 0.29) is 12.3 Å². The van der Waals surface area contributed by atoms with Crippen molar-refractivity contribution in [3.63, 3.8) is 0 Å². The maximum Gasteiger partial charge on any atom is 0.193 e. The van der Waals surface area contributed by atoms with E-state index in [2.05, 4.69) is 10.3 Å². The van der Waals surface area contributed by atoms with Crippen LogP contribution < -0.4 is 14.8 Å². The Morgan fingerprint density at radius 3 is 2.45 bits per heavy atom.